The molecule has 0 N–H and O–H groups in total. The van der Waals surface area contributed by atoms with Gasteiger partial charge in [0.05, 0.1) is 0 Å². The zero-order valence-corrected chi connectivity index (χ0v) is 16.0. The van der Waals surface area contributed by atoms with Crippen molar-refractivity contribution in [3.63, 3.8) is 0 Å². The molecule has 1 saturated heterocycles. The molecule has 0 saturated carbocycles. The molecule has 2 nitrogen and oxygen atoms in total. The Kier molecular flexibility index (Phi) is 5.91. The van der Waals surface area contributed by atoms with Crippen LogP contribution in [0.2, 0.25) is 0 Å². The first kappa shape index (κ1) is 18.5. The van der Waals surface area contributed by atoms with Crippen LogP contribution in [0, 0.1) is 0 Å². The van der Waals surface area contributed by atoms with Crippen LogP contribution < -0.4 is 0 Å². The molecule has 0 spiro atoms. The molecule has 1 atom stereocenters. The van der Waals surface area contributed by atoms with Gasteiger partial charge in [-0.3, -0.25) is 4.84 Å². The lowest BCUT2D eigenvalue weighted by Crippen LogP contribution is -2.58. The van der Waals surface area contributed by atoms with Crippen LogP contribution in [-0.4, -0.2) is 16.1 Å². The largest absolute Gasteiger partial charge is 0.290 e. The van der Waals surface area contributed by atoms with Crippen LogP contribution in [0.25, 0.3) is 0 Å². The van der Waals surface area contributed by atoms with Crippen LogP contribution in [0.4, 0.5) is 0 Å². The van der Waals surface area contributed by atoms with Crippen molar-refractivity contribution < 1.29 is 4.84 Å². The Morgan fingerprint density at radius 2 is 1.61 bits per heavy atom. The molecule has 1 fully saturated rings. The van der Waals surface area contributed by atoms with E-state index in [2.05, 4.69) is 70.9 Å². The van der Waals surface area contributed by atoms with Gasteiger partial charge in [-0.2, -0.15) is 5.06 Å². The third-order valence-electron chi connectivity index (χ3n) is 5.21. The number of hydrogen-bond acceptors (Lipinski definition) is 2. The summed E-state index contributed by atoms with van der Waals surface area (Å²) in [7, 11) is 0. The lowest BCUT2D eigenvalue weighted by atomic mass is 9.82. The molecule has 1 unspecified atom stereocenters. The molecule has 1 heterocycles. The predicted molar refractivity (Wildman–Crippen MR) is 98.4 cm³/mol. The maximum absolute atomic E-state index is 6.46. The minimum absolute atomic E-state index is 0.0897. The van der Waals surface area contributed by atoms with Crippen molar-refractivity contribution in [3.05, 3.63) is 35.4 Å². The number of hydroxylamine groups is 2. The fourth-order valence-electron chi connectivity index (χ4n) is 3.82. The Morgan fingerprint density at radius 3 is 2.13 bits per heavy atom. The first-order chi connectivity index (χ1) is 10.8. The summed E-state index contributed by atoms with van der Waals surface area (Å²) in [6, 6.07) is 8.99. The number of aryl methyl sites for hydroxylation is 1. The fraction of sp³-hybridized carbons (Fsp3) is 0.714. The lowest BCUT2D eigenvalue weighted by molar-refractivity contribution is -0.304. The number of nitrogens with zero attached hydrogens (tertiary/aromatic N) is 1. The van der Waals surface area contributed by atoms with E-state index in [9.17, 15) is 0 Å². The quantitative estimate of drug-likeness (QED) is 0.632. The zero-order valence-electron chi connectivity index (χ0n) is 16.0. The van der Waals surface area contributed by atoms with Crippen molar-refractivity contribution in [2.75, 3.05) is 0 Å². The van der Waals surface area contributed by atoms with E-state index >= 15 is 0 Å². The van der Waals surface area contributed by atoms with Crippen molar-refractivity contribution in [1.29, 1.82) is 0 Å². The second-order valence-corrected chi connectivity index (χ2v) is 8.37. The number of hydrogen-bond donors (Lipinski definition) is 0. The summed E-state index contributed by atoms with van der Waals surface area (Å²) < 4.78 is 0. The highest BCUT2D eigenvalue weighted by Gasteiger charge is 2.43. The molecule has 0 radical (unpaired) electrons. The lowest BCUT2D eigenvalue weighted by Gasteiger charge is -2.52. The molecule has 0 bridgehead atoms. The molecule has 1 aliphatic heterocycles. The predicted octanol–water partition coefficient (Wildman–Crippen LogP) is 6.06. The Balaban J connectivity index is 2.06. The Morgan fingerprint density at radius 1 is 1.04 bits per heavy atom. The van der Waals surface area contributed by atoms with Crippen molar-refractivity contribution in [2.24, 2.45) is 0 Å². The summed E-state index contributed by atoms with van der Waals surface area (Å²) in [5, 5.41) is 2.26. The number of rotatable bonds is 6. The molecule has 1 aromatic rings. The van der Waals surface area contributed by atoms with E-state index in [-0.39, 0.29) is 17.2 Å². The van der Waals surface area contributed by atoms with Crippen LogP contribution in [0.3, 0.4) is 0 Å². The van der Waals surface area contributed by atoms with Gasteiger partial charge in [0.15, 0.2) is 0 Å². The summed E-state index contributed by atoms with van der Waals surface area (Å²) in [6.07, 6.45) is 7.45. The standard InChI is InChI=1S/C21H35NO/c1-7-8-10-18-11-13-19(14-12-18)17(2)23-22-20(3,4)15-9-16-21(22,5)6/h11-14,17H,7-10,15-16H2,1-6H3. The van der Waals surface area contributed by atoms with E-state index in [1.54, 1.807) is 0 Å². The third kappa shape index (κ3) is 4.58. The van der Waals surface area contributed by atoms with Gasteiger partial charge in [0, 0.05) is 11.1 Å². The van der Waals surface area contributed by atoms with E-state index in [1.165, 1.54) is 49.7 Å². The van der Waals surface area contributed by atoms with E-state index in [0.29, 0.717) is 0 Å². The molecule has 0 aromatic heterocycles. The summed E-state index contributed by atoms with van der Waals surface area (Å²) in [6.45, 7) is 13.6. The van der Waals surface area contributed by atoms with Gasteiger partial charge in [0.1, 0.15) is 6.10 Å². The van der Waals surface area contributed by atoms with Gasteiger partial charge < -0.3 is 0 Å². The highest BCUT2D eigenvalue weighted by atomic mass is 16.7. The summed E-state index contributed by atoms with van der Waals surface area (Å²) in [4.78, 5) is 6.46. The summed E-state index contributed by atoms with van der Waals surface area (Å²) in [5.74, 6) is 0. The molecule has 1 aromatic carbocycles. The van der Waals surface area contributed by atoms with Gasteiger partial charge in [-0.1, -0.05) is 37.6 Å². The molecular formula is C21H35NO. The Hall–Kier alpha value is -0.860. The average molecular weight is 318 g/mol. The van der Waals surface area contributed by atoms with Crippen LogP contribution in [0.1, 0.15) is 90.9 Å². The molecule has 2 heteroatoms. The Bertz CT molecular complexity index is 473. The van der Waals surface area contributed by atoms with Crippen molar-refractivity contribution in [2.45, 2.75) is 97.2 Å². The highest BCUT2D eigenvalue weighted by Crippen LogP contribution is 2.40. The molecule has 2 rings (SSSR count). The second kappa shape index (κ2) is 7.36. The van der Waals surface area contributed by atoms with Gasteiger partial charge >= 0.3 is 0 Å². The first-order valence-electron chi connectivity index (χ1n) is 9.32. The monoisotopic (exact) mass is 317 g/mol. The number of piperidine rings is 1. The van der Waals surface area contributed by atoms with Gasteiger partial charge in [0.25, 0.3) is 0 Å². The average Bonchev–Trinajstić information content (AvgIpc) is 2.49. The van der Waals surface area contributed by atoms with E-state index in [4.69, 9.17) is 4.84 Å². The van der Waals surface area contributed by atoms with Crippen molar-refractivity contribution in [1.82, 2.24) is 5.06 Å². The highest BCUT2D eigenvalue weighted by molar-refractivity contribution is 5.24. The number of benzene rings is 1. The molecule has 130 valence electrons. The molecule has 0 aliphatic carbocycles. The molecule has 0 amide bonds. The van der Waals surface area contributed by atoms with Crippen LogP contribution in [-0.2, 0) is 11.3 Å². The van der Waals surface area contributed by atoms with Crippen LogP contribution >= 0.6 is 0 Å². The smallest absolute Gasteiger partial charge is 0.102 e. The van der Waals surface area contributed by atoms with Crippen LogP contribution in [0.15, 0.2) is 24.3 Å². The number of unbranched alkanes of at least 4 members (excludes halogenated alkanes) is 1. The van der Waals surface area contributed by atoms with Gasteiger partial charge in [-0.25, -0.2) is 0 Å². The van der Waals surface area contributed by atoms with Gasteiger partial charge in [0.2, 0.25) is 0 Å². The van der Waals surface area contributed by atoms with Crippen molar-refractivity contribution in [3.8, 4) is 0 Å². The molecular weight excluding hydrogens is 282 g/mol. The molecule has 23 heavy (non-hydrogen) atoms. The molecule has 1 aliphatic rings. The minimum Gasteiger partial charge on any atom is -0.290 e. The SMILES string of the molecule is CCCCc1ccc(C(C)ON2C(C)(C)CCCC2(C)C)cc1. The first-order valence-corrected chi connectivity index (χ1v) is 9.32. The summed E-state index contributed by atoms with van der Waals surface area (Å²) >= 11 is 0. The van der Waals surface area contributed by atoms with Gasteiger partial charge in [-0.15, -0.1) is 0 Å². The maximum Gasteiger partial charge on any atom is 0.102 e. The van der Waals surface area contributed by atoms with E-state index in [1.807, 2.05) is 0 Å². The van der Waals surface area contributed by atoms with E-state index in [0.717, 1.165) is 0 Å². The summed E-state index contributed by atoms with van der Waals surface area (Å²) in [5.41, 5.74) is 2.89. The topological polar surface area (TPSA) is 12.5 Å². The van der Waals surface area contributed by atoms with Crippen molar-refractivity contribution >= 4 is 0 Å². The normalized spacial score (nSPS) is 22.0. The third-order valence-corrected chi connectivity index (χ3v) is 5.21. The zero-order chi connectivity index (χ0) is 17.1. The fourth-order valence-corrected chi connectivity index (χ4v) is 3.82. The Labute approximate surface area is 143 Å². The van der Waals surface area contributed by atoms with Gasteiger partial charge in [-0.05, 0) is 77.8 Å². The van der Waals surface area contributed by atoms with Crippen LogP contribution in [0.5, 0.6) is 0 Å². The maximum atomic E-state index is 6.46. The second-order valence-electron chi connectivity index (χ2n) is 8.37. The minimum atomic E-state index is 0.0897. The van der Waals surface area contributed by atoms with E-state index < -0.39 is 0 Å².